The van der Waals surface area contributed by atoms with Gasteiger partial charge in [0.15, 0.2) is 5.76 Å². The lowest BCUT2D eigenvalue weighted by atomic mass is 10.2. The van der Waals surface area contributed by atoms with Crippen molar-refractivity contribution in [2.24, 2.45) is 0 Å². The number of carbonyl (C=O) groups excluding carboxylic acids is 1. The van der Waals surface area contributed by atoms with Crippen molar-refractivity contribution in [2.75, 3.05) is 31.1 Å². The Bertz CT molecular complexity index is 952. The number of hydrogen-bond donors (Lipinski definition) is 1. The van der Waals surface area contributed by atoms with Crippen molar-refractivity contribution < 1.29 is 9.21 Å². The third kappa shape index (κ3) is 5.16. The molecule has 6 nitrogen and oxygen atoms in total. The van der Waals surface area contributed by atoms with E-state index >= 15 is 0 Å². The fourth-order valence-electron chi connectivity index (χ4n) is 3.41. The summed E-state index contributed by atoms with van der Waals surface area (Å²) in [6.45, 7) is 4.83. The summed E-state index contributed by atoms with van der Waals surface area (Å²) in [5, 5.41) is 3.62. The summed E-state index contributed by atoms with van der Waals surface area (Å²) in [5.74, 6) is 0.917. The monoisotopic (exact) mass is 410 g/mol. The molecule has 0 spiro atoms. The molecule has 3 heterocycles. The van der Waals surface area contributed by atoms with E-state index in [9.17, 15) is 4.79 Å². The number of halogens is 1. The molecule has 0 unspecified atom stereocenters. The molecule has 1 N–H and O–H groups in total. The number of pyridine rings is 1. The zero-order chi connectivity index (χ0) is 20.1. The Balaban J connectivity index is 1.27. The molecule has 2 aromatic heterocycles. The number of hydrogen-bond acceptors (Lipinski definition) is 5. The smallest absolute Gasteiger partial charge is 0.287 e. The maximum absolute atomic E-state index is 12.3. The predicted octanol–water partition coefficient (Wildman–Crippen LogP) is 3.58. The Kier molecular flexibility index (Phi) is 6.12. The highest BCUT2D eigenvalue weighted by Crippen LogP contribution is 2.21. The lowest BCUT2D eigenvalue weighted by Crippen LogP contribution is -2.45. The first-order valence-corrected chi connectivity index (χ1v) is 10.0. The molecule has 0 saturated carbocycles. The summed E-state index contributed by atoms with van der Waals surface area (Å²) in [7, 11) is 0. The molecule has 1 aromatic carbocycles. The number of piperazine rings is 1. The van der Waals surface area contributed by atoms with Crippen LogP contribution in [-0.2, 0) is 13.1 Å². The molecule has 0 atom stereocenters. The molecular formula is C22H23ClN4O2. The molecule has 29 heavy (non-hydrogen) atoms. The highest BCUT2D eigenvalue weighted by atomic mass is 35.5. The van der Waals surface area contributed by atoms with Crippen molar-refractivity contribution in [3.8, 4) is 0 Å². The average molecular weight is 411 g/mol. The van der Waals surface area contributed by atoms with Crippen LogP contribution < -0.4 is 10.2 Å². The Morgan fingerprint density at radius 1 is 1.10 bits per heavy atom. The number of benzene rings is 1. The van der Waals surface area contributed by atoms with Crippen LogP contribution >= 0.6 is 11.6 Å². The van der Waals surface area contributed by atoms with Gasteiger partial charge in [0.1, 0.15) is 5.76 Å². The molecule has 0 aliphatic carbocycles. The van der Waals surface area contributed by atoms with Gasteiger partial charge in [-0.05, 0) is 42.0 Å². The van der Waals surface area contributed by atoms with E-state index in [4.69, 9.17) is 16.0 Å². The van der Waals surface area contributed by atoms with Crippen LogP contribution in [0.2, 0.25) is 5.02 Å². The van der Waals surface area contributed by atoms with Gasteiger partial charge in [0.25, 0.3) is 5.91 Å². The van der Waals surface area contributed by atoms with Gasteiger partial charge < -0.3 is 14.6 Å². The van der Waals surface area contributed by atoms with Crippen LogP contribution in [0.15, 0.2) is 65.3 Å². The summed E-state index contributed by atoms with van der Waals surface area (Å²) in [4.78, 5) is 21.0. The predicted molar refractivity (Wildman–Crippen MR) is 113 cm³/mol. The maximum atomic E-state index is 12.3. The maximum Gasteiger partial charge on any atom is 0.287 e. The lowest BCUT2D eigenvalue weighted by molar-refractivity contribution is 0.0919. The SMILES string of the molecule is O=C(NCc1cccnc1)c1ccc(CN2CCN(c3cccc(Cl)c3)CC2)o1. The fraction of sp³-hybridized carbons (Fsp3) is 0.273. The minimum absolute atomic E-state index is 0.217. The number of anilines is 1. The minimum atomic E-state index is -0.217. The second kappa shape index (κ2) is 9.11. The van der Waals surface area contributed by atoms with Crippen molar-refractivity contribution in [3.05, 3.63) is 83.0 Å². The van der Waals surface area contributed by atoms with Gasteiger partial charge in [0, 0.05) is 55.8 Å². The van der Waals surface area contributed by atoms with Crippen molar-refractivity contribution >= 4 is 23.2 Å². The van der Waals surface area contributed by atoms with Crippen LogP contribution in [0.5, 0.6) is 0 Å². The Hall–Kier alpha value is -2.83. The largest absolute Gasteiger partial charge is 0.455 e. The lowest BCUT2D eigenvalue weighted by Gasteiger charge is -2.35. The molecule has 3 aromatic rings. The molecule has 4 rings (SSSR count). The fourth-order valence-corrected chi connectivity index (χ4v) is 3.60. The molecule has 150 valence electrons. The first-order valence-electron chi connectivity index (χ1n) is 9.66. The molecule has 1 fully saturated rings. The van der Waals surface area contributed by atoms with E-state index in [1.54, 1.807) is 18.5 Å². The van der Waals surface area contributed by atoms with Crippen LogP contribution in [0.4, 0.5) is 5.69 Å². The van der Waals surface area contributed by atoms with Gasteiger partial charge in [-0.2, -0.15) is 0 Å². The van der Waals surface area contributed by atoms with E-state index in [-0.39, 0.29) is 5.91 Å². The summed E-state index contributed by atoms with van der Waals surface area (Å²) < 4.78 is 5.76. The number of aromatic nitrogens is 1. The first kappa shape index (κ1) is 19.5. The molecule has 7 heteroatoms. The summed E-state index contributed by atoms with van der Waals surface area (Å²) in [6, 6.07) is 15.3. The molecule has 1 aliphatic rings. The van der Waals surface area contributed by atoms with Crippen LogP contribution in [0.1, 0.15) is 21.9 Å². The molecule has 0 bridgehead atoms. The van der Waals surface area contributed by atoms with Crippen molar-refractivity contribution in [3.63, 3.8) is 0 Å². The summed E-state index contributed by atoms with van der Waals surface area (Å²) in [5.41, 5.74) is 2.10. The number of nitrogens with one attached hydrogen (secondary N) is 1. The Labute approximate surface area is 175 Å². The van der Waals surface area contributed by atoms with E-state index in [2.05, 4.69) is 26.2 Å². The van der Waals surface area contributed by atoms with Gasteiger partial charge in [-0.25, -0.2) is 0 Å². The zero-order valence-corrected chi connectivity index (χ0v) is 16.8. The van der Waals surface area contributed by atoms with Gasteiger partial charge >= 0.3 is 0 Å². The molecular weight excluding hydrogens is 388 g/mol. The van der Waals surface area contributed by atoms with Gasteiger partial charge in [-0.15, -0.1) is 0 Å². The van der Waals surface area contributed by atoms with Crippen molar-refractivity contribution in [1.29, 1.82) is 0 Å². The van der Waals surface area contributed by atoms with Crippen LogP contribution in [0.3, 0.4) is 0 Å². The number of rotatable bonds is 6. The Morgan fingerprint density at radius 3 is 2.72 bits per heavy atom. The normalized spacial score (nSPS) is 14.7. The van der Waals surface area contributed by atoms with Gasteiger partial charge in [0.05, 0.1) is 6.54 Å². The number of furan rings is 1. The number of amides is 1. The second-order valence-electron chi connectivity index (χ2n) is 7.05. The quantitative estimate of drug-likeness (QED) is 0.673. The zero-order valence-electron chi connectivity index (χ0n) is 16.1. The molecule has 1 amide bonds. The van der Waals surface area contributed by atoms with E-state index in [0.29, 0.717) is 18.8 Å². The van der Waals surface area contributed by atoms with Crippen molar-refractivity contribution in [1.82, 2.24) is 15.2 Å². The van der Waals surface area contributed by atoms with E-state index < -0.39 is 0 Å². The second-order valence-corrected chi connectivity index (χ2v) is 7.49. The molecule has 1 saturated heterocycles. The van der Waals surface area contributed by atoms with Crippen LogP contribution in [0, 0.1) is 0 Å². The van der Waals surface area contributed by atoms with E-state index in [0.717, 1.165) is 48.2 Å². The summed E-state index contributed by atoms with van der Waals surface area (Å²) >= 11 is 6.10. The minimum Gasteiger partial charge on any atom is -0.455 e. The van der Waals surface area contributed by atoms with Crippen molar-refractivity contribution in [2.45, 2.75) is 13.1 Å². The third-order valence-corrected chi connectivity index (χ3v) is 5.22. The van der Waals surface area contributed by atoms with E-state index in [1.165, 1.54) is 0 Å². The molecule has 1 aliphatic heterocycles. The number of nitrogens with zero attached hydrogens (tertiary/aromatic N) is 3. The average Bonchev–Trinajstić information content (AvgIpc) is 3.22. The standard InChI is InChI=1S/C22H23ClN4O2/c23-18-4-1-5-19(13-18)27-11-9-26(10-12-27)16-20-6-7-21(29-20)22(28)25-15-17-3-2-8-24-14-17/h1-8,13-14H,9-12,15-16H2,(H,25,28). The third-order valence-electron chi connectivity index (χ3n) is 4.99. The Morgan fingerprint density at radius 2 is 1.97 bits per heavy atom. The topological polar surface area (TPSA) is 61.6 Å². The summed E-state index contributed by atoms with van der Waals surface area (Å²) in [6.07, 6.45) is 3.44. The first-order chi connectivity index (χ1) is 14.2. The highest BCUT2D eigenvalue weighted by Gasteiger charge is 2.19. The molecule has 0 radical (unpaired) electrons. The van der Waals surface area contributed by atoms with Crippen LogP contribution in [-0.4, -0.2) is 42.0 Å². The van der Waals surface area contributed by atoms with Gasteiger partial charge in [0.2, 0.25) is 0 Å². The highest BCUT2D eigenvalue weighted by molar-refractivity contribution is 6.30. The van der Waals surface area contributed by atoms with Gasteiger partial charge in [-0.1, -0.05) is 23.7 Å². The number of carbonyl (C=O) groups is 1. The van der Waals surface area contributed by atoms with Crippen LogP contribution in [0.25, 0.3) is 0 Å². The van der Waals surface area contributed by atoms with Gasteiger partial charge in [-0.3, -0.25) is 14.7 Å². The van der Waals surface area contributed by atoms with E-state index in [1.807, 2.05) is 36.4 Å².